The zero-order valence-corrected chi connectivity index (χ0v) is 23.1. The molecule has 8 heteroatoms. The number of carbonyl (C=O) groups is 2. The SMILES string of the molecule is CCN1C[C@]2(C)CC[C@H](O)[C@@]34C2C[C@@H]([C@@H]13)[C@@]12CC[C@@H]([C@H](O)[C@H]14)[C@@](O)(COC(=O)c1ccccc1)[C@@H]2OC(C)=O. The number of fused-ring (bicyclic) bond motifs is 2. The van der Waals surface area contributed by atoms with Gasteiger partial charge in [0.2, 0.25) is 0 Å². The molecule has 3 N–H and O–H groups in total. The minimum Gasteiger partial charge on any atom is -0.459 e. The van der Waals surface area contributed by atoms with Gasteiger partial charge in [0, 0.05) is 42.2 Å². The lowest BCUT2D eigenvalue weighted by Crippen LogP contribution is -2.78. The largest absolute Gasteiger partial charge is 0.459 e. The molecule has 7 aliphatic rings. The van der Waals surface area contributed by atoms with Crippen LogP contribution in [0, 0.1) is 39.9 Å². The lowest BCUT2D eigenvalue weighted by Gasteiger charge is -2.71. The Hall–Kier alpha value is -2.00. The molecule has 6 aliphatic carbocycles. The molecule has 1 unspecified atom stereocenters. The van der Waals surface area contributed by atoms with E-state index < -0.39 is 52.6 Å². The van der Waals surface area contributed by atoms with Crippen molar-refractivity contribution in [3.05, 3.63) is 35.9 Å². The van der Waals surface area contributed by atoms with Crippen LogP contribution in [0.25, 0.3) is 0 Å². The molecule has 8 nitrogen and oxygen atoms in total. The fourth-order valence-electron chi connectivity index (χ4n) is 11.7. The number of aliphatic hydroxyl groups is 3. The molecule has 7 fully saturated rings. The number of rotatable bonds is 5. The number of esters is 2. The highest BCUT2D eigenvalue weighted by molar-refractivity contribution is 5.89. The van der Waals surface area contributed by atoms with Crippen LogP contribution in [0.1, 0.15) is 63.2 Å². The van der Waals surface area contributed by atoms with E-state index in [2.05, 4.69) is 18.7 Å². The van der Waals surface area contributed by atoms with E-state index >= 15 is 0 Å². The third kappa shape index (κ3) is 2.94. The van der Waals surface area contributed by atoms with Gasteiger partial charge in [0.1, 0.15) is 18.3 Å². The molecule has 12 atom stereocenters. The first kappa shape index (κ1) is 25.9. The van der Waals surface area contributed by atoms with E-state index in [0.717, 1.165) is 25.9 Å². The van der Waals surface area contributed by atoms with E-state index in [1.165, 1.54) is 6.92 Å². The highest BCUT2D eigenvalue weighted by Crippen LogP contribution is 2.84. The van der Waals surface area contributed by atoms with E-state index in [-0.39, 0.29) is 35.8 Å². The summed E-state index contributed by atoms with van der Waals surface area (Å²) in [6.45, 7) is 7.32. The van der Waals surface area contributed by atoms with Crippen molar-refractivity contribution in [2.45, 2.75) is 82.8 Å². The lowest BCUT2D eigenvalue weighted by atomic mass is 9.37. The second-order valence-electron chi connectivity index (χ2n) is 13.8. The number of hydrogen-bond acceptors (Lipinski definition) is 8. The summed E-state index contributed by atoms with van der Waals surface area (Å²) in [5, 5.41) is 36.5. The third-order valence-corrected chi connectivity index (χ3v) is 12.5. The number of hydrogen-bond donors (Lipinski definition) is 3. The zero-order chi connectivity index (χ0) is 27.5. The molecule has 1 aliphatic heterocycles. The smallest absolute Gasteiger partial charge is 0.338 e. The molecule has 1 heterocycles. The molecular weight excluding hydrogens is 498 g/mol. The van der Waals surface area contributed by atoms with Crippen molar-refractivity contribution in [1.29, 1.82) is 0 Å². The molecule has 1 saturated heterocycles. The second kappa shape index (κ2) is 8.28. The van der Waals surface area contributed by atoms with E-state index in [1.807, 2.05) is 6.07 Å². The van der Waals surface area contributed by atoms with Crippen LogP contribution in [0.3, 0.4) is 0 Å². The van der Waals surface area contributed by atoms with Crippen molar-refractivity contribution < 1.29 is 34.4 Å². The maximum absolute atomic E-state index is 12.9. The monoisotopic (exact) mass is 539 g/mol. The molecule has 0 radical (unpaired) electrons. The summed E-state index contributed by atoms with van der Waals surface area (Å²) in [5.41, 5.74) is -2.51. The molecule has 7 bridgehead atoms. The van der Waals surface area contributed by atoms with E-state index in [0.29, 0.717) is 24.8 Å². The molecule has 6 saturated carbocycles. The van der Waals surface area contributed by atoms with Gasteiger partial charge < -0.3 is 24.8 Å². The van der Waals surface area contributed by atoms with Crippen molar-refractivity contribution in [3.8, 4) is 0 Å². The van der Waals surface area contributed by atoms with Gasteiger partial charge in [-0.1, -0.05) is 32.0 Å². The normalized spacial score (nSPS) is 50.9. The van der Waals surface area contributed by atoms with E-state index in [1.54, 1.807) is 24.3 Å². The molecule has 0 amide bonds. The van der Waals surface area contributed by atoms with Crippen molar-refractivity contribution in [2.75, 3.05) is 19.7 Å². The Labute approximate surface area is 229 Å². The molecule has 2 spiro atoms. The van der Waals surface area contributed by atoms with Gasteiger partial charge in [0.25, 0.3) is 0 Å². The summed E-state index contributed by atoms with van der Waals surface area (Å²) >= 11 is 0. The van der Waals surface area contributed by atoms with Crippen LogP contribution in [0.2, 0.25) is 0 Å². The van der Waals surface area contributed by atoms with E-state index in [4.69, 9.17) is 9.47 Å². The van der Waals surface area contributed by atoms with Gasteiger partial charge in [-0.25, -0.2) is 4.79 Å². The Morgan fingerprint density at radius 3 is 2.54 bits per heavy atom. The molecule has 1 aromatic carbocycles. The predicted octanol–water partition coefficient (Wildman–Crippen LogP) is 2.39. The summed E-state index contributed by atoms with van der Waals surface area (Å²) in [4.78, 5) is 28.0. The summed E-state index contributed by atoms with van der Waals surface area (Å²) in [6.07, 6.45) is 1.44. The van der Waals surface area contributed by atoms with Crippen LogP contribution < -0.4 is 0 Å². The Morgan fingerprint density at radius 1 is 1.10 bits per heavy atom. The Bertz CT molecular complexity index is 1190. The van der Waals surface area contributed by atoms with Gasteiger partial charge in [-0.05, 0) is 68.0 Å². The fourth-order valence-corrected chi connectivity index (χ4v) is 11.7. The zero-order valence-electron chi connectivity index (χ0n) is 23.1. The van der Waals surface area contributed by atoms with Gasteiger partial charge >= 0.3 is 11.9 Å². The highest BCUT2D eigenvalue weighted by Gasteiger charge is 2.89. The molecular formula is C31H41NO7. The first-order valence-electron chi connectivity index (χ1n) is 14.8. The number of benzene rings is 1. The minimum atomic E-state index is -1.72. The van der Waals surface area contributed by atoms with Crippen LogP contribution >= 0.6 is 0 Å². The Morgan fingerprint density at radius 2 is 1.85 bits per heavy atom. The van der Waals surface area contributed by atoms with Crippen molar-refractivity contribution >= 4 is 11.9 Å². The van der Waals surface area contributed by atoms with Gasteiger partial charge in [0.15, 0.2) is 0 Å². The standard InChI is InChI=1S/C31H41NO7/c1-4-32-15-28(3)12-11-22(34)31-21(28)14-20(25(31)32)29-13-10-19(23(35)24(29)31)30(37,27(29)39-17(2)33)16-38-26(36)18-8-6-5-7-9-18/h5-9,19-25,27,34-35,37H,4,10-16H2,1-3H3/t19-,20-,21?,22-,23-,24+,25+,27+,28-,29-,30-,31+/m0/s1. The van der Waals surface area contributed by atoms with Crippen molar-refractivity contribution in [1.82, 2.24) is 4.90 Å². The predicted molar refractivity (Wildman–Crippen MR) is 140 cm³/mol. The van der Waals surface area contributed by atoms with Gasteiger partial charge in [-0.3, -0.25) is 9.69 Å². The van der Waals surface area contributed by atoms with Crippen LogP contribution in [-0.2, 0) is 14.3 Å². The number of likely N-dealkylation sites (tertiary alicyclic amines) is 1. The summed E-state index contributed by atoms with van der Waals surface area (Å²) in [7, 11) is 0. The van der Waals surface area contributed by atoms with Gasteiger partial charge in [-0.15, -0.1) is 0 Å². The molecule has 8 rings (SSSR count). The summed E-state index contributed by atoms with van der Waals surface area (Å²) < 4.78 is 11.8. The van der Waals surface area contributed by atoms with Gasteiger partial charge in [-0.2, -0.15) is 0 Å². The number of nitrogens with zero attached hydrogens (tertiary/aromatic N) is 1. The van der Waals surface area contributed by atoms with Crippen molar-refractivity contribution in [2.24, 2.45) is 39.9 Å². The topological polar surface area (TPSA) is 117 Å². The van der Waals surface area contributed by atoms with Crippen molar-refractivity contribution in [3.63, 3.8) is 0 Å². The second-order valence-corrected chi connectivity index (χ2v) is 13.8. The third-order valence-electron chi connectivity index (χ3n) is 12.5. The maximum Gasteiger partial charge on any atom is 0.338 e. The first-order chi connectivity index (χ1) is 18.6. The molecule has 212 valence electrons. The minimum absolute atomic E-state index is 0.0525. The van der Waals surface area contributed by atoms with Crippen LogP contribution in [0.4, 0.5) is 0 Å². The highest BCUT2D eigenvalue weighted by atomic mass is 16.6. The molecule has 1 aromatic rings. The molecule has 0 aromatic heterocycles. The summed E-state index contributed by atoms with van der Waals surface area (Å²) in [5.74, 6) is -1.66. The first-order valence-corrected chi connectivity index (χ1v) is 14.8. The number of ether oxygens (including phenoxy) is 2. The average Bonchev–Trinajstić information content (AvgIpc) is 3.36. The molecule has 39 heavy (non-hydrogen) atoms. The van der Waals surface area contributed by atoms with Crippen LogP contribution in [-0.4, -0.2) is 81.8 Å². The number of aliphatic hydroxyl groups excluding tert-OH is 2. The quantitative estimate of drug-likeness (QED) is 0.489. The maximum atomic E-state index is 12.9. The fraction of sp³-hybridized carbons (Fsp3) is 0.742. The van der Waals surface area contributed by atoms with E-state index in [9.17, 15) is 24.9 Å². The van der Waals surface area contributed by atoms with Gasteiger partial charge in [0.05, 0.1) is 17.8 Å². The average molecular weight is 540 g/mol. The Balaban J connectivity index is 1.34. The summed E-state index contributed by atoms with van der Waals surface area (Å²) in [6, 6.07) is 8.68. The number of carbonyl (C=O) groups excluding carboxylic acids is 2. The lowest BCUT2D eigenvalue weighted by molar-refractivity contribution is -0.331. The van der Waals surface area contributed by atoms with Crippen LogP contribution in [0.5, 0.6) is 0 Å². The number of piperidine rings is 1. The van der Waals surface area contributed by atoms with Crippen LogP contribution in [0.15, 0.2) is 30.3 Å². The Kier molecular flexibility index (Phi) is 5.50.